The van der Waals surface area contributed by atoms with Gasteiger partial charge in [-0.25, -0.2) is 0 Å². The van der Waals surface area contributed by atoms with Crippen LogP contribution in [0.4, 0.5) is 0 Å². The largest absolute Gasteiger partial charge is 1.00 e. The summed E-state index contributed by atoms with van der Waals surface area (Å²) in [4.78, 5) is 9.54. The molecule has 0 saturated carbocycles. The second kappa shape index (κ2) is 5.56. The van der Waals surface area contributed by atoms with Gasteiger partial charge in [0.25, 0.3) is 0 Å². The summed E-state index contributed by atoms with van der Waals surface area (Å²) in [7, 11) is 0. The standard InChI is InChI=1S/C4H8O3.Na/c1-3(5)2-4(6)7;/h3,5H,2H2,1H3,(H,6,7);/q;+1/p-1/t3-;/m1./s1/i3+1,4+1;. The van der Waals surface area contributed by atoms with Crippen molar-refractivity contribution < 1.29 is 44.6 Å². The Labute approximate surface area is 70.0 Å². The van der Waals surface area contributed by atoms with Crippen LogP contribution >= 0.6 is 0 Å². The monoisotopic (exact) mass is 128 g/mol. The predicted molar refractivity (Wildman–Crippen MR) is 21.3 cm³/mol. The third-order valence-corrected chi connectivity index (χ3v) is 0.462. The van der Waals surface area contributed by atoms with Gasteiger partial charge in [-0.3, -0.25) is 0 Å². The summed E-state index contributed by atoms with van der Waals surface area (Å²) in [6, 6.07) is 0. The molecule has 0 aliphatic rings. The summed E-state index contributed by atoms with van der Waals surface area (Å²) in [5, 5.41) is 17.8. The molecule has 0 rings (SSSR count). The summed E-state index contributed by atoms with van der Waals surface area (Å²) < 4.78 is 0. The second-order valence-corrected chi connectivity index (χ2v) is 1.43. The SMILES string of the molecule is C[13C@@H](O)C[13C](=O)[O-].[Na+]. The average Bonchev–Trinajstić information content (AvgIpc) is 1.27. The number of carbonyl (C=O) groups excluding carboxylic acids is 1. The van der Waals surface area contributed by atoms with E-state index in [9.17, 15) is 9.90 Å². The molecule has 0 aliphatic carbocycles. The summed E-state index contributed by atoms with van der Waals surface area (Å²) in [5.41, 5.74) is 0. The zero-order chi connectivity index (χ0) is 5.86. The Morgan fingerprint density at radius 1 is 1.88 bits per heavy atom. The fourth-order valence-corrected chi connectivity index (χ4v) is 0.241. The molecule has 4 heteroatoms. The quantitative estimate of drug-likeness (QED) is 0.301. The number of carboxylic acids is 1. The molecule has 0 bridgehead atoms. The van der Waals surface area contributed by atoms with Crippen LogP contribution in [-0.2, 0) is 4.79 Å². The van der Waals surface area contributed by atoms with Crippen molar-refractivity contribution in [1.82, 2.24) is 0 Å². The number of hydrogen-bond donors (Lipinski definition) is 1. The maximum absolute atomic E-state index is 9.54. The first-order valence-corrected chi connectivity index (χ1v) is 2.01. The van der Waals surface area contributed by atoms with E-state index in [1.165, 1.54) is 6.92 Å². The van der Waals surface area contributed by atoms with Crippen LogP contribution in [0.2, 0.25) is 0 Å². The Balaban J connectivity index is 0. The van der Waals surface area contributed by atoms with Gasteiger partial charge in [0.1, 0.15) is 0 Å². The van der Waals surface area contributed by atoms with E-state index in [2.05, 4.69) is 0 Å². The number of aliphatic carboxylic acids is 1. The zero-order valence-electron chi connectivity index (χ0n) is 5.05. The van der Waals surface area contributed by atoms with Crippen molar-refractivity contribution in [2.75, 3.05) is 0 Å². The van der Waals surface area contributed by atoms with Crippen molar-refractivity contribution >= 4 is 5.97 Å². The first-order chi connectivity index (χ1) is 3.13. The Hall–Kier alpha value is 0.430. The van der Waals surface area contributed by atoms with Gasteiger partial charge in [0.2, 0.25) is 0 Å². The van der Waals surface area contributed by atoms with Crippen LogP contribution < -0.4 is 34.7 Å². The molecule has 0 amide bonds. The molecular weight excluding hydrogens is 121 g/mol. The van der Waals surface area contributed by atoms with Crippen LogP contribution in [0.25, 0.3) is 0 Å². The van der Waals surface area contributed by atoms with E-state index >= 15 is 0 Å². The zero-order valence-corrected chi connectivity index (χ0v) is 7.05. The van der Waals surface area contributed by atoms with E-state index in [0.717, 1.165) is 0 Å². The molecule has 0 aliphatic heterocycles. The maximum atomic E-state index is 9.54. The van der Waals surface area contributed by atoms with Gasteiger partial charge < -0.3 is 15.0 Å². The minimum atomic E-state index is -1.21. The van der Waals surface area contributed by atoms with Gasteiger partial charge in [0.15, 0.2) is 0 Å². The summed E-state index contributed by atoms with van der Waals surface area (Å²) >= 11 is 0. The van der Waals surface area contributed by atoms with Gasteiger partial charge in [-0.05, 0) is 6.92 Å². The topological polar surface area (TPSA) is 60.4 Å². The molecular formula is C4H7NaO3. The van der Waals surface area contributed by atoms with Gasteiger partial charge in [-0.15, -0.1) is 0 Å². The third kappa shape index (κ3) is 9.66. The maximum Gasteiger partial charge on any atom is 1.00 e. The van der Waals surface area contributed by atoms with E-state index in [0.29, 0.717) is 0 Å². The van der Waals surface area contributed by atoms with Crippen LogP contribution in [0.3, 0.4) is 0 Å². The van der Waals surface area contributed by atoms with E-state index in [-0.39, 0.29) is 36.0 Å². The van der Waals surface area contributed by atoms with Crippen LogP contribution in [0.15, 0.2) is 0 Å². The van der Waals surface area contributed by atoms with Gasteiger partial charge in [0.05, 0.1) is 6.10 Å². The van der Waals surface area contributed by atoms with Crippen molar-refractivity contribution in [1.29, 1.82) is 0 Å². The second-order valence-electron chi connectivity index (χ2n) is 1.43. The number of aliphatic hydroxyl groups is 1. The van der Waals surface area contributed by atoms with Crippen molar-refractivity contribution in [3.05, 3.63) is 0 Å². The molecule has 0 aromatic rings. The van der Waals surface area contributed by atoms with E-state index in [4.69, 9.17) is 5.11 Å². The van der Waals surface area contributed by atoms with Crippen molar-refractivity contribution in [3.8, 4) is 0 Å². The van der Waals surface area contributed by atoms with Gasteiger partial charge >= 0.3 is 29.6 Å². The Kier molecular flexibility index (Phi) is 7.83. The minimum absolute atomic E-state index is 0. The molecule has 0 heterocycles. The first-order valence-electron chi connectivity index (χ1n) is 2.01. The molecule has 42 valence electrons. The summed E-state index contributed by atoms with van der Waals surface area (Å²) in [6.45, 7) is 1.40. The molecule has 1 N–H and O–H groups in total. The molecule has 0 aromatic carbocycles. The molecule has 0 saturated heterocycles. The summed E-state index contributed by atoms with van der Waals surface area (Å²) in [6.07, 6.45) is -1.06. The summed E-state index contributed by atoms with van der Waals surface area (Å²) in [5.74, 6) is -1.21. The molecule has 0 unspecified atom stereocenters. The van der Waals surface area contributed by atoms with Crippen LogP contribution in [-0.4, -0.2) is 17.2 Å². The third-order valence-electron chi connectivity index (χ3n) is 0.462. The fraction of sp³-hybridized carbons (Fsp3) is 0.750. The first kappa shape index (κ1) is 11.3. The van der Waals surface area contributed by atoms with E-state index < -0.39 is 12.1 Å². The molecule has 0 radical (unpaired) electrons. The Morgan fingerprint density at radius 2 is 2.25 bits per heavy atom. The fourth-order valence-electron chi connectivity index (χ4n) is 0.241. The van der Waals surface area contributed by atoms with Crippen LogP contribution in [0.5, 0.6) is 0 Å². The Morgan fingerprint density at radius 3 is 2.25 bits per heavy atom. The molecule has 0 aromatic heterocycles. The van der Waals surface area contributed by atoms with Crippen LogP contribution in [0.1, 0.15) is 13.3 Å². The molecule has 0 spiro atoms. The van der Waals surface area contributed by atoms with Crippen molar-refractivity contribution in [3.63, 3.8) is 0 Å². The number of carboxylic acid groups (broad SMARTS) is 1. The van der Waals surface area contributed by atoms with Gasteiger partial charge in [-0.1, -0.05) is 0 Å². The molecule has 1 atom stereocenters. The smallest absolute Gasteiger partial charge is 0.550 e. The van der Waals surface area contributed by atoms with Gasteiger partial charge in [0, 0.05) is 12.4 Å². The van der Waals surface area contributed by atoms with E-state index in [1.807, 2.05) is 0 Å². The van der Waals surface area contributed by atoms with Crippen molar-refractivity contribution in [2.24, 2.45) is 0 Å². The molecule has 3 nitrogen and oxygen atoms in total. The number of carbonyl (C=O) groups is 1. The van der Waals surface area contributed by atoms with Gasteiger partial charge in [-0.2, -0.15) is 0 Å². The predicted octanol–water partition coefficient (Wildman–Crippen LogP) is -4.49. The Bertz CT molecular complexity index is 71.7. The number of hydrogen-bond acceptors (Lipinski definition) is 3. The molecule has 0 fully saturated rings. The van der Waals surface area contributed by atoms with E-state index in [1.54, 1.807) is 0 Å². The number of aliphatic hydroxyl groups excluding tert-OH is 1. The van der Waals surface area contributed by atoms with Crippen LogP contribution in [0, 0.1) is 0 Å². The minimum Gasteiger partial charge on any atom is -0.550 e. The normalized spacial score (nSPS) is 11.8. The number of rotatable bonds is 2. The molecule has 8 heavy (non-hydrogen) atoms. The average molecular weight is 128 g/mol. The van der Waals surface area contributed by atoms with Crippen molar-refractivity contribution in [2.45, 2.75) is 19.4 Å².